The van der Waals surface area contributed by atoms with Gasteiger partial charge in [-0.05, 0) is 66.9 Å². The second kappa shape index (κ2) is 10.4. The Hall–Kier alpha value is -3.16. The van der Waals surface area contributed by atoms with Crippen molar-refractivity contribution < 1.29 is 18.7 Å². The zero-order valence-corrected chi connectivity index (χ0v) is 20.6. The highest BCUT2D eigenvalue weighted by Crippen LogP contribution is 2.36. The van der Waals surface area contributed by atoms with Gasteiger partial charge in [0.15, 0.2) is 11.5 Å². The SMILES string of the molecule is CCCCc1c(C(=O)Nc2ccc(Cl)cc2F)sc2nc(-c3ccc(OC)c(OC)c3)ccc12. The largest absolute Gasteiger partial charge is 0.493 e. The molecule has 0 spiro atoms. The second-order valence-electron chi connectivity index (χ2n) is 7.71. The van der Waals surface area contributed by atoms with Crippen molar-refractivity contribution in [2.45, 2.75) is 26.2 Å². The molecule has 0 saturated carbocycles. The van der Waals surface area contributed by atoms with Crippen LogP contribution in [0.3, 0.4) is 0 Å². The Labute approximate surface area is 206 Å². The van der Waals surface area contributed by atoms with E-state index in [-0.39, 0.29) is 16.6 Å². The van der Waals surface area contributed by atoms with Gasteiger partial charge in [0.2, 0.25) is 0 Å². The highest BCUT2D eigenvalue weighted by molar-refractivity contribution is 7.20. The van der Waals surface area contributed by atoms with Crippen LogP contribution >= 0.6 is 22.9 Å². The molecule has 0 aliphatic heterocycles. The number of nitrogens with zero attached hydrogens (tertiary/aromatic N) is 1. The number of nitrogens with one attached hydrogen (secondary N) is 1. The summed E-state index contributed by atoms with van der Waals surface area (Å²) in [6, 6.07) is 13.7. The maximum atomic E-state index is 14.3. The molecule has 2 aromatic heterocycles. The molecule has 1 amide bonds. The first-order valence-electron chi connectivity index (χ1n) is 10.9. The number of carbonyl (C=O) groups excluding carboxylic acids is 1. The monoisotopic (exact) mass is 498 g/mol. The van der Waals surface area contributed by atoms with Gasteiger partial charge in [-0.1, -0.05) is 24.9 Å². The van der Waals surface area contributed by atoms with Gasteiger partial charge in [0.05, 0.1) is 30.5 Å². The van der Waals surface area contributed by atoms with Crippen LogP contribution < -0.4 is 14.8 Å². The molecule has 0 aliphatic carbocycles. The van der Waals surface area contributed by atoms with Crippen LogP contribution in [0.1, 0.15) is 35.0 Å². The Balaban J connectivity index is 1.74. The van der Waals surface area contributed by atoms with Crippen LogP contribution in [-0.2, 0) is 6.42 Å². The molecule has 34 heavy (non-hydrogen) atoms. The van der Waals surface area contributed by atoms with Gasteiger partial charge in [-0.15, -0.1) is 11.3 Å². The molecule has 0 fully saturated rings. The number of amides is 1. The molecule has 2 heterocycles. The van der Waals surface area contributed by atoms with E-state index in [0.29, 0.717) is 16.4 Å². The van der Waals surface area contributed by atoms with Crippen molar-refractivity contribution in [3.8, 4) is 22.8 Å². The third-order valence-corrected chi connectivity index (χ3v) is 6.88. The van der Waals surface area contributed by atoms with E-state index in [4.69, 9.17) is 26.1 Å². The lowest BCUT2D eigenvalue weighted by Gasteiger charge is -2.09. The third kappa shape index (κ3) is 4.86. The number of hydrogen-bond acceptors (Lipinski definition) is 5. The zero-order valence-electron chi connectivity index (χ0n) is 19.1. The Kier molecular flexibility index (Phi) is 7.34. The summed E-state index contributed by atoms with van der Waals surface area (Å²) in [5.74, 6) is 0.314. The van der Waals surface area contributed by atoms with E-state index < -0.39 is 5.82 Å². The number of methoxy groups -OCH3 is 2. The average Bonchev–Trinajstić information content (AvgIpc) is 3.21. The summed E-state index contributed by atoms with van der Waals surface area (Å²) in [6.07, 6.45) is 2.65. The predicted molar refractivity (Wildman–Crippen MR) is 136 cm³/mol. The lowest BCUT2D eigenvalue weighted by Crippen LogP contribution is -2.13. The van der Waals surface area contributed by atoms with Gasteiger partial charge < -0.3 is 14.8 Å². The van der Waals surface area contributed by atoms with E-state index in [1.165, 1.54) is 23.5 Å². The van der Waals surface area contributed by atoms with E-state index in [9.17, 15) is 9.18 Å². The van der Waals surface area contributed by atoms with Crippen LogP contribution in [0.4, 0.5) is 10.1 Å². The van der Waals surface area contributed by atoms with Crippen LogP contribution in [0.5, 0.6) is 11.5 Å². The van der Waals surface area contributed by atoms with Crippen molar-refractivity contribution in [2.75, 3.05) is 19.5 Å². The van der Waals surface area contributed by atoms with Crippen molar-refractivity contribution in [3.05, 3.63) is 69.8 Å². The van der Waals surface area contributed by atoms with Gasteiger partial charge in [0.25, 0.3) is 5.91 Å². The highest BCUT2D eigenvalue weighted by atomic mass is 35.5. The van der Waals surface area contributed by atoms with E-state index in [0.717, 1.165) is 46.3 Å². The number of thiophene rings is 1. The third-order valence-electron chi connectivity index (χ3n) is 5.50. The fourth-order valence-corrected chi connectivity index (χ4v) is 5.02. The lowest BCUT2D eigenvalue weighted by atomic mass is 10.0. The van der Waals surface area contributed by atoms with Crippen molar-refractivity contribution in [2.24, 2.45) is 0 Å². The van der Waals surface area contributed by atoms with Crippen molar-refractivity contribution >= 4 is 44.7 Å². The molecule has 2 aromatic carbocycles. The first-order valence-corrected chi connectivity index (χ1v) is 12.1. The van der Waals surface area contributed by atoms with Crippen LogP contribution in [0.2, 0.25) is 5.02 Å². The summed E-state index contributed by atoms with van der Waals surface area (Å²) in [7, 11) is 3.18. The summed E-state index contributed by atoms with van der Waals surface area (Å²) in [5, 5.41) is 3.89. The number of unbranched alkanes of at least 4 members (excludes halogenated alkanes) is 1. The quantitative estimate of drug-likeness (QED) is 0.275. The minimum Gasteiger partial charge on any atom is -0.493 e. The molecule has 0 aliphatic rings. The maximum Gasteiger partial charge on any atom is 0.266 e. The van der Waals surface area contributed by atoms with Crippen LogP contribution in [0, 0.1) is 5.82 Å². The molecule has 176 valence electrons. The van der Waals surface area contributed by atoms with Crippen LogP contribution in [0.25, 0.3) is 21.5 Å². The number of halogens is 2. The molecule has 0 bridgehead atoms. The fourth-order valence-electron chi connectivity index (χ4n) is 3.74. The Bertz CT molecular complexity index is 1360. The van der Waals surface area contributed by atoms with Crippen molar-refractivity contribution in [1.29, 1.82) is 0 Å². The number of aryl methyl sites for hydroxylation is 1. The van der Waals surface area contributed by atoms with E-state index in [1.54, 1.807) is 20.3 Å². The number of aromatic nitrogens is 1. The molecular formula is C26H24ClFN2O3S. The molecular weight excluding hydrogens is 475 g/mol. The Morgan fingerprint density at radius 2 is 1.88 bits per heavy atom. The normalized spacial score (nSPS) is 11.0. The number of rotatable bonds is 8. The summed E-state index contributed by atoms with van der Waals surface area (Å²) < 4.78 is 25.0. The summed E-state index contributed by atoms with van der Waals surface area (Å²) in [5.41, 5.74) is 2.65. The number of fused-ring (bicyclic) bond motifs is 1. The molecule has 0 saturated heterocycles. The Morgan fingerprint density at radius 3 is 2.59 bits per heavy atom. The van der Waals surface area contributed by atoms with E-state index >= 15 is 0 Å². The summed E-state index contributed by atoms with van der Waals surface area (Å²) in [6.45, 7) is 2.10. The maximum absolute atomic E-state index is 14.3. The smallest absolute Gasteiger partial charge is 0.266 e. The minimum absolute atomic E-state index is 0.0901. The van der Waals surface area contributed by atoms with Gasteiger partial charge in [-0.3, -0.25) is 4.79 Å². The summed E-state index contributed by atoms with van der Waals surface area (Å²) >= 11 is 7.14. The average molecular weight is 499 g/mol. The summed E-state index contributed by atoms with van der Waals surface area (Å²) in [4.78, 5) is 19.3. The molecule has 0 unspecified atom stereocenters. The number of pyridine rings is 1. The topological polar surface area (TPSA) is 60.5 Å². The fraction of sp³-hybridized carbons (Fsp3) is 0.231. The number of anilines is 1. The predicted octanol–water partition coefficient (Wildman–Crippen LogP) is 7.37. The minimum atomic E-state index is -0.578. The molecule has 1 N–H and O–H groups in total. The lowest BCUT2D eigenvalue weighted by molar-refractivity contribution is 0.102. The molecule has 0 atom stereocenters. The van der Waals surface area contributed by atoms with Gasteiger partial charge in [0.1, 0.15) is 10.6 Å². The van der Waals surface area contributed by atoms with Crippen LogP contribution in [0.15, 0.2) is 48.5 Å². The molecule has 5 nitrogen and oxygen atoms in total. The van der Waals surface area contributed by atoms with E-state index in [2.05, 4.69) is 12.2 Å². The number of benzene rings is 2. The first-order chi connectivity index (χ1) is 16.4. The Morgan fingerprint density at radius 1 is 1.09 bits per heavy atom. The van der Waals surface area contributed by atoms with Gasteiger partial charge in [-0.2, -0.15) is 0 Å². The zero-order chi connectivity index (χ0) is 24.2. The molecule has 4 aromatic rings. The van der Waals surface area contributed by atoms with Gasteiger partial charge in [0, 0.05) is 16.0 Å². The van der Waals surface area contributed by atoms with Gasteiger partial charge in [-0.25, -0.2) is 9.37 Å². The number of ether oxygens (including phenoxy) is 2. The molecule has 4 rings (SSSR count). The number of hydrogen-bond donors (Lipinski definition) is 1. The van der Waals surface area contributed by atoms with Crippen molar-refractivity contribution in [1.82, 2.24) is 4.98 Å². The molecule has 8 heteroatoms. The second-order valence-corrected chi connectivity index (χ2v) is 9.15. The van der Waals surface area contributed by atoms with E-state index in [1.807, 2.05) is 30.3 Å². The van der Waals surface area contributed by atoms with Gasteiger partial charge >= 0.3 is 0 Å². The highest BCUT2D eigenvalue weighted by Gasteiger charge is 2.21. The first kappa shape index (κ1) is 24.0. The molecule has 0 radical (unpaired) electrons. The number of carbonyl (C=O) groups is 1. The van der Waals surface area contributed by atoms with Crippen molar-refractivity contribution in [3.63, 3.8) is 0 Å². The standard InChI is InChI=1S/C26H24ClFN2O3S/c1-4-5-6-17-18-9-11-20(15-7-12-22(32-2)23(13-15)33-3)30-26(18)34-24(17)25(31)29-21-10-8-16(27)14-19(21)28/h7-14H,4-6H2,1-3H3,(H,29,31). The van der Waals surface area contributed by atoms with Crippen LogP contribution in [-0.4, -0.2) is 25.1 Å².